The molecule has 0 amide bonds. The highest BCUT2D eigenvalue weighted by Gasteiger charge is 1.81. The summed E-state index contributed by atoms with van der Waals surface area (Å²) in [7, 11) is 0. The van der Waals surface area contributed by atoms with E-state index in [0.717, 1.165) is 5.56 Å². The first-order valence-corrected chi connectivity index (χ1v) is 4.81. The quantitative estimate of drug-likeness (QED) is 0.456. The smallest absolute Gasteiger partial charge is 0.108 e. The van der Waals surface area contributed by atoms with E-state index >= 15 is 0 Å². The van der Waals surface area contributed by atoms with E-state index in [1.807, 2.05) is 30.3 Å². The molecule has 1 N–H and O–H groups in total. The van der Waals surface area contributed by atoms with Gasteiger partial charge in [0.1, 0.15) is 6.61 Å². The van der Waals surface area contributed by atoms with Crippen LogP contribution in [0.4, 0.5) is 0 Å². The maximum absolute atomic E-state index is 8.45. The van der Waals surface area contributed by atoms with Crippen LogP contribution < -0.4 is 0 Å². The fourth-order valence-electron chi connectivity index (χ4n) is 0.980. The Morgan fingerprint density at radius 2 is 2.00 bits per heavy atom. The van der Waals surface area contributed by atoms with Gasteiger partial charge in [0.2, 0.25) is 0 Å². The zero-order valence-corrected chi connectivity index (χ0v) is 8.52. The van der Waals surface area contributed by atoms with Gasteiger partial charge in [-0.25, -0.2) is 0 Å². The Balaban J connectivity index is 2.20. The third-order valence-corrected chi connectivity index (χ3v) is 1.67. The molecule has 0 unspecified atom stereocenters. The lowest BCUT2D eigenvalue weighted by atomic mass is 10.2. The molecule has 0 aliphatic carbocycles. The summed E-state index contributed by atoms with van der Waals surface area (Å²) in [5, 5.41) is 8.45. The predicted octanol–water partition coefficient (Wildman–Crippen LogP) is 1.60. The number of aliphatic hydroxyl groups excluding tert-OH is 1. The molecular formula is C13H14O2. The zero-order valence-electron chi connectivity index (χ0n) is 8.52. The predicted molar refractivity (Wildman–Crippen MR) is 60.4 cm³/mol. The molecule has 0 aliphatic heterocycles. The first kappa shape index (κ1) is 11.5. The number of hydrogen-bond acceptors (Lipinski definition) is 2. The summed E-state index contributed by atoms with van der Waals surface area (Å²) in [4.78, 5) is 0. The summed E-state index contributed by atoms with van der Waals surface area (Å²) in [6.45, 7) is 0.952. The van der Waals surface area contributed by atoms with Crippen LogP contribution in [0, 0.1) is 11.8 Å². The summed E-state index contributed by atoms with van der Waals surface area (Å²) in [6.07, 6.45) is 3.41. The van der Waals surface area contributed by atoms with Crippen LogP contribution in [0.15, 0.2) is 42.5 Å². The van der Waals surface area contributed by atoms with E-state index in [1.54, 1.807) is 12.2 Å². The molecule has 0 saturated carbocycles. The average Bonchev–Trinajstić information content (AvgIpc) is 2.29. The van der Waals surface area contributed by atoms with Gasteiger partial charge in [0.15, 0.2) is 0 Å². The van der Waals surface area contributed by atoms with Gasteiger partial charge < -0.3 is 9.84 Å². The van der Waals surface area contributed by atoms with Crippen molar-refractivity contribution in [2.24, 2.45) is 0 Å². The van der Waals surface area contributed by atoms with Gasteiger partial charge in [0, 0.05) is 5.56 Å². The highest BCUT2D eigenvalue weighted by molar-refractivity contribution is 5.33. The molecule has 0 aromatic heterocycles. The van der Waals surface area contributed by atoms with Gasteiger partial charge in [0.05, 0.1) is 13.2 Å². The molecular weight excluding hydrogens is 188 g/mol. The number of rotatable bonds is 4. The lowest BCUT2D eigenvalue weighted by Gasteiger charge is -1.92. The number of aliphatic hydroxyl groups is 1. The minimum absolute atomic E-state index is 0.0546. The second-order valence-electron chi connectivity index (χ2n) is 2.84. The van der Waals surface area contributed by atoms with Gasteiger partial charge in [-0.1, -0.05) is 42.2 Å². The number of ether oxygens (including phenoxy) is 1. The van der Waals surface area contributed by atoms with E-state index in [2.05, 4.69) is 11.8 Å². The van der Waals surface area contributed by atoms with Crippen LogP contribution in [0.1, 0.15) is 5.56 Å². The fraction of sp³-hybridized carbons (Fsp3) is 0.231. The van der Waals surface area contributed by atoms with Gasteiger partial charge >= 0.3 is 0 Å². The van der Waals surface area contributed by atoms with Crippen LogP contribution in [0.3, 0.4) is 0 Å². The Kier molecular flexibility index (Phi) is 5.99. The monoisotopic (exact) mass is 202 g/mol. The zero-order chi connectivity index (χ0) is 10.8. The molecule has 0 saturated heterocycles. The van der Waals surface area contributed by atoms with E-state index in [4.69, 9.17) is 9.84 Å². The lowest BCUT2D eigenvalue weighted by Crippen LogP contribution is -1.91. The third-order valence-electron chi connectivity index (χ3n) is 1.67. The Bertz CT molecular complexity index is 344. The Morgan fingerprint density at radius 1 is 1.20 bits per heavy atom. The van der Waals surface area contributed by atoms with Crippen molar-refractivity contribution in [1.29, 1.82) is 0 Å². The van der Waals surface area contributed by atoms with Crippen LogP contribution in [0.2, 0.25) is 0 Å². The molecule has 0 heterocycles. The first-order valence-electron chi connectivity index (χ1n) is 4.81. The molecule has 0 spiro atoms. The number of benzene rings is 1. The van der Waals surface area contributed by atoms with Gasteiger partial charge in [0.25, 0.3) is 0 Å². The Hall–Kier alpha value is -1.56. The molecule has 1 rings (SSSR count). The maximum Gasteiger partial charge on any atom is 0.108 e. The van der Waals surface area contributed by atoms with Gasteiger partial charge in [-0.05, 0) is 12.1 Å². The highest BCUT2D eigenvalue weighted by Crippen LogP contribution is 1.94. The topological polar surface area (TPSA) is 29.5 Å². The van der Waals surface area contributed by atoms with Crippen LogP contribution in [0.25, 0.3) is 0 Å². The first-order chi connectivity index (χ1) is 7.43. The normalized spacial score (nSPS) is 9.93. The minimum atomic E-state index is 0.0546. The molecule has 0 radical (unpaired) electrons. The van der Waals surface area contributed by atoms with Crippen molar-refractivity contribution in [2.75, 3.05) is 19.8 Å². The van der Waals surface area contributed by atoms with Crippen molar-refractivity contribution in [3.8, 4) is 11.8 Å². The molecule has 0 aliphatic rings. The largest absolute Gasteiger partial charge is 0.392 e. The minimum Gasteiger partial charge on any atom is -0.392 e. The highest BCUT2D eigenvalue weighted by atomic mass is 16.5. The van der Waals surface area contributed by atoms with Crippen molar-refractivity contribution in [2.45, 2.75) is 0 Å². The molecule has 0 bridgehead atoms. The van der Waals surface area contributed by atoms with Crippen molar-refractivity contribution in [1.82, 2.24) is 0 Å². The second-order valence-corrected chi connectivity index (χ2v) is 2.84. The summed E-state index contributed by atoms with van der Waals surface area (Å²) in [5.74, 6) is 5.90. The summed E-state index contributed by atoms with van der Waals surface area (Å²) < 4.78 is 5.19. The fourth-order valence-corrected chi connectivity index (χ4v) is 0.980. The average molecular weight is 202 g/mol. The van der Waals surface area contributed by atoms with E-state index in [-0.39, 0.29) is 6.61 Å². The molecule has 1 aromatic carbocycles. The summed E-state index contributed by atoms with van der Waals surface area (Å²) >= 11 is 0. The van der Waals surface area contributed by atoms with Crippen LogP contribution in [-0.2, 0) is 4.74 Å². The molecule has 0 fully saturated rings. The van der Waals surface area contributed by atoms with E-state index in [1.165, 1.54) is 0 Å². The molecule has 1 aromatic rings. The van der Waals surface area contributed by atoms with Gasteiger partial charge in [-0.15, -0.1) is 0 Å². The molecule has 0 atom stereocenters. The molecule has 2 nitrogen and oxygen atoms in total. The van der Waals surface area contributed by atoms with Gasteiger partial charge in [-0.2, -0.15) is 0 Å². The van der Waals surface area contributed by atoms with Crippen molar-refractivity contribution in [3.05, 3.63) is 48.0 Å². The maximum atomic E-state index is 8.45. The van der Waals surface area contributed by atoms with Crippen molar-refractivity contribution < 1.29 is 9.84 Å². The van der Waals surface area contributed by atoms with Crippen molar-refractivity contribution in [3.63, 3.8) is 0 Å². The standard InChI is InChI=1S/C13H14O2/c14-10-4-5-11-15-12-6-9-13-7-2-1-3-8-13/h1-5,7-8,14H,10-12H2/b5-4-. The summed E-state index contributed by atoms with van der Waals surface area (Å²) in [6, 6.07) is 9.78. The van der Waals surface area contributed by atoms with E-state index < -0.39 is 0 Å². The van der Waals surface area contributed by atoms with Crippen LogP contribution in [-0.4, -0.2) is 24.9 Å². The SMILES string of the molecule is OC/C=C\COCC#Cc1ccccc1. The van der Waals surface area contributed by atoms with Gasteiger partial charge in [-0.3, -0.25) is 0 Å². The Morgan fingerprint density at radius 3 is 2.73 bits per heavy atom. The third kappa shape index (κ3) is 5.69. The second kappa shape index (κ2) is 7.81. The van der Waals surface area contributed by atoms with Crippen LogP contribution >= 0.6 is 0 Å². The number of hydrogen-bond donors (Lipinski definition) is 1. The van der Waals surface area contributed by atoms with E-state index in [9.17, 15) is 0 Å². The summed E-state index contributed by atoms with van der Waals surface area (Å²) in [5.41, 5.74) is 0.993. The molecule has 78 valence electrons. The van der Waals surface area contributed by atoms with E-state index in [0.29, 0.717) is 13.2 Å². The lowest BCUT2D eigenvalue weighted by molar-refractivity contribution is 0.198. The van der Waals surface area contributed by atoms with Crippen molar-refractivity contribution >= 4 is 0 Å². The molecule has 15 heavy (non-hydrogen) atoms. The Labute approximate surface area is 90.2 Å². The van der Waals surface area contributed by atoms with Crippen LogP contribution in [0.5, 0.6) is 0 Å². The molecule has 2 heteroatoms.